The van der Waals surface area contributed by atoms with Crippen LogP contribution < -0.4 is 4.74 Å². The molecule has 2 heteroatoms. The van der Waals surface area contributed by atoms with Crippen LogP contribution in [0, 0.1) is 0 Å². The number of epoxide rings is 1. The Morgan fingerprint density at radius 1 is 1.29 bits per heavy atom. The minimum atomic E-state index is 0.315. The van der Waals surface area contributed by atoms with Crippen LogP contribution in [0.25, 0.3) is 0 Å². The Labute approximate surface area is 84.8 Å². The first-order chi connectivity index (χ1) is 6.81. The Kier molecular flexibility index (Phi) is 2.73. The van der Waals surface area contributed by atoms with Gasteiger partial charge in [0.2, 0.25) is 0 Å². The molecule has 1 heterocycles. The molecule has 1 aliphatic rings. The van der Waals surface area contributed by atoms with Crippen molar-refractivity contribution in [2.75, 3.05) is 6.61 Å². The molecule has 1 aliphatic heterocycles. The van der Waals surface area contributed by atoms with E-state index in [9.17, 15) is 0 Å². The maximum atomic E-state index is 5.50. The number of hydrogen-bond acceptors (Lipinski definition) is 2. The van der Waals surface area contributed by atoms with Crippen molar-refractivity contribution in [2.24, 2.45) is 0 Å². The lowest BCUT2D eigenvalue weighted by molar-refractivity contribution is 0.317. The smallest absolute Gasteiger partial charge is 0.119 e. The van der Waals surface area contributed by atoms with Gasteiger partial charge in [0.25, 0.3) is 0 Å². The summed E-state index contributed by atoms with van der Waals surface area (Å²) in [7, 11) is 0. The average Bonchev–Trinajstić information content (AvgIpc) is 2.93. The number of benzene rings is 1. The summed E-state index contributed by atoms with van der Waals surface area (Å²) in [5, 5.41) is 0. The van der Waals surface area contributed by atoms with E-state index in [1.54, 1.807) is 0 Å². The van der Waals surface area contributed by atoms with Crippen LogP contribution in [0.2, 0.25) is 0 Å². The molecule has 76 valence electrons. The predicted molar refractivity (Wildman–Crippen MR) is 55.5 cm³/mol. The molecule has 1 saturated heterocycles. The lowest BCUT2D eigenvalue weighted by atomic mass is 10.1. The highest BCUT2D eigenvalue weighted by Gasteiger charge is 2.35. The van der Waals surface area contributed by atoms with Crippen LogP contribution in [0.3, 0.4) is 0 Å². The average molecular weight is 192 g/mol. The minimum absolute atomic E-state index is 0.315. The van der Waals surface area contributed by atoms with Gasteiger partial charge in [0.1, 0.15) is 11.9 Å². The first-order valence-electron chi connectivity index (χ1n) is 5.19. The summed E-state index contributed by atoms with van der Waals surface area (Å²) < 4.78 is 10.9. The molecule has 0 N–H and O–H groups in total. The molecule has 0 radical (unpaired) electrons. The summed E-state index contributed by atoms with van der Waals surface area (Å²) in [6.07, 6.45) is 1.75. The highest BCUT2D eigenvalue weighted by molar-refractivity contribution is 5.30. The monoisotopic (exact) mass is 192 g/mol. The third-order valence-electron chi connectivity index (χ3n) is 2.39. The van der Waals surface area contributed by atoms with Crippen LogP contribution in [-0.4, -0.2) is 12.7 Å². The molecular formula is C12H16O2. The summed E-state index contributed by atoms with van der Waals surface area (Å²) in [4.78, 5) is 0. The van der Waals surface area contributed by atoms with Crippen LogP contribution in [0.1, 0.15) is 31.9 Å². The van der Waals surface area contributed by atoms with E-state index in [0.717, 1.165) is 18.8 Å². The second-order valence-corrected chi connectivity index (χ2v) is 3.68. The summed E-state index contributed by atoms with van der Waals surface area (Å²) in [5.41, 5.74) is 1.25. The van der Waals surface area contributed by atoms with Crippen molar-refractivity contribution in [2.45, 2.75) is 32.5 Å². The molecule has 2 rings (SSSR count). The molecule has 14 heavy (non-hydrogen) atoms. The Morgan fingerprint density at radius 2 is 1.93 bits per heavy atom. The van der Waals surface area contributed by atoms with Gasteiger partial charge in [-0.2, -0.15) is 0 Å². The Hall–Kier alpha value is -1.02. The van der Waals surface area contributed by atoms with E-state index in [4.69, 9.17) is 9.47 Å². The number of rotatable bonds is 4. The van der Waals surface area contributed by atoms with Crippen LogP contribution in [0.4, 0.5) is 0 Å². The Bertz CT molecular complexity index is 292. The van der Waals surface area contributed by atoms with Crippen molar-refractivity contribution in [3.63, 3.8) is 0 Å². The topological polar surface area (TPSA) is 21.8 Å². The van der Waals surface area contributed by atoms with Gasteiger partial charge in [-0.3, -0.25) is 0 Å². The van der Waals surface area contributed by atoms with Gasteiger partial charge in [-0.15, -0.1) is 0 Å². The molecule has 1 fully saturated rings. The molecule has 2 nitrogen and oxygen atoms in total. The predicted octanol–water partition coefficient (Wildman–Crippen LogP) is 2.94. The summed E-state index contributed by atoms with van der Waals surface area (Å²) in [6, 6.07) is 8.19. The maximum absolute atomic E-state index is 5.50. The van der Waals surface area contributed by atoms with Gasteiger partial charge in [-0.25, -0.2) is 0 Å². The van der Waals surface area contributed by atoms with Gasteiger partial charge in [0, 0.05) is 0 Å². The SMILES string of the molecule is CCCOc1ccc(C2OC2C)cc1. The van der Waals surface area contributed by atoms with Crippen molar-refractivity contribution in [1.82, 2.24) is 0 Å². The van der Waals surface area contributed by atoms with E-state index in [1.165, 1.54) is 5.56 Å². The molecular weight excluding hydrogens is 176 g/mol. The fourth-order valence-electron chi connectivity index (χ4n) is 1.51. The van der Waals surface area contributed by atoms with Gasteiger partial charge in [0.05, 0.1) is 12.7 Å². The van der Waals surface area contributed by atoms with Crippen LogP contribution in [0.15, 0.2) is 24.3 Å². The summed E-state index contributed by atoms with van der Waals surface area (Å²) in [5.74, 6) is 0.948. The molecule has 0 saturated carbocycles. The van der Waals surface area contributed by atoms with Crippen molar-refractivity contribution < 1.29 is 9.47 Å². The van der Waals surface area contributed by atoms with Crippen molar-refractivity contribution >= 4 is 0 Å². The number of hydrogen-bond donors (Lipinski definition) is 0. The van der Waals surface area contributed by atoms with Crippen LogP contribution in [-0.2, 0) is 4.74 Å². The van der Waals surface area contributed by atoms with E-state index in [-0.39, 0.29) is 0 Å². The Morgan fingerprint density at radius 3 is 2.43 bits per heavy atom. The molecule has 2 atom stereocenters. The highest BCUT2D eigenvalue weighted by Crippen LogP contribution is 2.38. The molecule has 0 spiro atoms. The van der Waals surface area contributed by atoms with Gasteiger partial charge < -0.3 is 9.47 Å². The Balaban J connectivity index is 1.96. The van der Waals surface area contributed by atoms with Gasteiger partial charge in [-0.05, 0) is 31.0 Å². The van der Waals surface area contributed by atoms with E-state index >= 15 is 0 Å². The fraction of sp³-hybridized carbons (Fsp3) is 0.500. The highest BCUT2D eigenvalue weighted by atomic mass is 16.6. The van der Waals surface area contributed by atoms with Crippen molar-refractivity contribution in [1.29, 1.82) is 0 Å². The van der Waals surface area contributed by atoms with Gasteiger partial charge >= 0.3 is 0 Å². The summed E-state index contributed by atoms with van der Waals surface area (Å²) >= 11 is 0. The van der Waals surface area contributed by atoms with Crippen molar-refractivity contribution in [3.8, 4) is 5.75 Å². The zero-order valence-corrected chi connectivity index (χ0v) is 8.69. The third kappa shape index (κ3) is 2.07. The zero-order chi connectivity index (χ0) is 9.97. The molecule has 0 aromatic heterocycles. The van der Waals surface area contributed by atoms with Crippen molar-refractivity contribution in [3.05, 3.63) is 29.8 Å². The first kappa shape index (κ1) is 9.53. The lowest BCUT2D eigenvalue weighted by Gasteiger charge is -2.04. The van der Waals surface area contributed by atoms with E-state index in [0.29, 0.717) is 12.2 Å². The zero-order valence-electron chi connectivity index (χ0n) is 8.69. The standard InChI is InChI=1S/C12H16O2/c1-3-8-13-11-6-4-10(5-7-11)12-9(2)14-12/h4-7,9,12H,3,8H2,1-2H3. The molecule has 1 aromatic carbocycles. The molecule has 1 aromatic rings. The van der Waals surface area contributed by atoms with Crippen LogP contribution >= 0.6 is 0 Å². The summed E-state index contributed by atoms with van der Waals surface area (Å²) in [6.45, 7) is 4.98. The second kappa shape index (κ2) is 4.01. The molecule has 0 bridgehead atoms. The van der Waals surface area contributed by atoms with Gasteiger partial charge in [0.15, 0.2) is 0 Å². The van der Waals surface area contributed by atoms with E-state index < -0.39 is 0 Å². The minimum Gasteiger partial charge on any atom is -0.494 e. The van der Waals surface area contributed by atoms with E-state index in [2.05, 4.69) is 26.0 Å². The fourth-order valence-corrected chi connectivity index (χ4v) is 1.51. The third-order valence-corrected chi connectivity index (χ3v) is 2.39. The van der Waals surface area contributed by atoms with E-state index in [1.807, 2.05) is 12.1 Å². The largest absolute Gasteiger partial charge is 0.494 e. The molecule has 0 amide bonds. The van der Waals surface area contributed by atoms with Crippen LogP contribution in [0.5, 0.6) is 5.75 Å². The van der Waals surface area contributed by atoms with Gasteiger partial charge in [-0.1, -0.05) is 19.1 Å². The number of ether oxygens (including phenoxy) is 2. The second-order valence-electron chi connectivity index (χ2n) is 3.68. The quantitative estimate of drug-likeness (QED) is 0.684. The lowest BCUT2D eigenvalue weighted by Crippen LogP contribution is -1.94. The molecule has 0 aliphatic carbocycles. The first-order valence-corrected chi connectivity index (χ1v) is 5.19. The maximum Gasteiger partial charge on any atom is 0.119 e. The molecule has 2 unspecified atom stereocenters. The normalized spacial score (nSPS) is 24.7.